The molecular weight excluding hydrogens is 668 g/mol. The van der Waals surface area contributed by atoms with Crippen molar-refractivity contribution in [2.45, 2.75) is 78.1 Å². The van der Waals surface area contributed by atoms with Crippen LogP contribution < -0.4 is 18.9 Å². The molecule has 8 nitrogen and oxygen atoms in total. The van der Waals surface area contributed by atoms with Crippen molar-refractivity contribution in [2.24, 2.45) is 5.41 Å². The van der Waals surface area contributed by atoms with E-state index in [1.165, 1.54) is 32.1 Å². The van der Waals surface area contributed by atoms with E-state index in [0.29, 0.717) is 48.2 Å². The van der Waals surface area contributed by atoms with Gasteiger partial charge in [0.1, 0.15) is 23.0 Å². The molecule has 1 fully saturated rings. The molecule has 4 aromatic rings. The second kappa shape index (κ2) is 18.4. The van der Waals surface area contributed by atoms with Gasteiger partial charge in [0.25, 0.3) is 0 Å². The first kappa shape index (κ1) is 38.1. The topological polar surface area (TPSA) is 89.5 Å². The Labute approximate surface area is 313 Å². The van der Waals surface area contributed by atoms with Gasteiger partial charge in [-0.2, -0.15) is 0 Å². The summed E-state index contributed by atoms with van der Waals surface area (Å²) >= 11 is 0. The molecule has 0 N–H and O–H groups in total. The van der Waals surface area contributed by atoms with E-state index in [1.54, 1.807) is 36.4 Å². The van der Waals surface area contributed by atoms with Gasteiger partial charge in [-0.25, -0.2) is 9.59 Å². The Kier molecular flexibility index (Phi) is 13.2. The monoisotopic (exact) mass is 720 g/mol. The van der Waals surface area contributed by atoms with Crippen LogP contribution in [0.5, 0.6) is 23.0 Å². The molecule has 280 valence electrons. The van der Waals surface area contributed by atoms with Crippen LogP contribution in [0.4, 0.5) is 0 Å². The van der Waals surface area contributed by atoms with Crippen molar-refractivity contribution in [1.29, 1.82) is 0 Å². The van der Waals surface area contributed by atoms with E-state index in [-0.39, 0.29) is 11.3 Å². The van der Waals surface area contributed by atoms with Gasteiger partial charge in [0, 0.05) is 17.9 Å². The standard InChI is InChI=1S/C45H52O8/c1-4-5-6-7-8-9-25-50-35-16-12-33(13-17-35)43(46)52-37-20-22-39-40-23-21-38(28-42(40)32(2)41(39)27-37)53-44(47)34-14-18-36(19-15-34)51-26-11-10-24-48-29-45(3)30-49-31-45/h12-23,27-28,32H,4-11,24-26,29-31H2,1-3H3. The first-order chi connectivity index (χ1) is 25.8. The Bertz CT molecular complexity index is 1810. The number of unbranched alkanes of at least 4 members (excludes halogenated alkanes) is 6. The lowest BCUT2D eigenvalue weighted by Crippen LogP contribution is -2.43. The van der Waals surface area contributed by atoms with E-state index in [1.807, 2.05) is 48.5 Å². The van der Waals surface area contributed by atoms with Crippen LogP contribution in [-0.2, 0) is 9.47 Å². The fourth-order valence-electron chi connectivity index (χ4n) is 6.71. The van der Waals surface area contributed by atoms with Crippen molar-refractivity contribution in [3.05, 3.63) is 107 Å². The van der Waals surface area contributed by atoms with Gasteiger partial charge in [0.05, 0.1) is 44.2 Å². The number of rotatable bonds is 20. The first-order valence-corrected chi connectivity index (χ1v) is 19.2. The van der Waals surface area contributed by atoms with Crippen LogP contribution in [0.15, 0.2) is 84.9 Å². The minimum atomic E-state index is -0.436. The van der Waals surface area contributed by atoms with E-state index in [9.17, 15) is 9.59 Å². The number of fused-ring (bicyclic) bond motifs is 3. The second-order valence-electron chi connectivity index (χ2n) is 14.6. The average Bonchev–Trinajstić information content (AvgIpc) is 3.43. The van der Waals surface area contributed by atoms with Gasteiger partial charge in [0.15, 0.2) is 0 Å². The molecule has 1 atom stereocenters. The zero-order valence-electron chi connectivity index (χ0n) is 31.3. The third-order valence-corrected chi connectivity index (χ3v) is 9.94. The number of esters is 2. The maximum absolute atomic E-state index is 13.0. The minimum absolute atomic E-state index is 0.0176. The Hall–Kier alpha value is -4.66. The summed E-state index contributed by atoms with van der Waals surface area (Å²) in [5, 5.41) is 0. The van der Waals surface area contributed by atoms with Crippen LogP contribution in [0.3, 0.4) is 0 Å². The fourth-order valence-corrected chi connectivity index (χ4v) is 6.71. The molecule has 2 aliphatic rings. The van der Waals surface area contributed by atoms with Crippen molar-refractivity contribution in [3.63, 3.8) is 0 Å². The van der Waals surface area contributed by atoms with Gasteiger partial charge in [-0.05, 0) is 114 Å². The Morgan fingerprint density at radius 2 is 1.08 bits per heavy atom. The summed E-state index contributed by atoms with van der Waals surface area (Å²) < 4.78 is 34.3. The largest absolute Gasteiger partial charge is 0.494 e. The number of benzene rings is 4. The Morgan fingerprint density at radius 3 is 1.57 bits per heavy atom. The van der Waals surface area contributed by atoms with Crippen molar-refractivity contribution in [2.75, 3.05) is 39.6 Å². The molecule has 1 saturated heterocycles. The minimum Gasteiger partial charge on any atom is -0.494 e. The van der Waals surface area contributed by atoms with E-state index >= 15 is 0 Å². The molecule has 0 radical (unpaired) electrons. The Balaban J connectivity index is 0.953. The summed E-state index contributed by atoms with van der Waals surface area (Å²) in [6, 6.07) is 25.6. The highest BCUT2D eigenvalue weighted by Gasteiger charge is 2.33. The van der Waals surface area contributed by atoms with Crippen LogP contribution in [0.25, 0.3) is 11.1 Å². The zero-order valence-corrected chi connectivity index (χ0v) is 31.3. The third kappa shape index (κ3) is 10.3. The maximum atomic E-state index is 13.0. The molecule has 8 heteroatoms. The summed E-state index contributed by atoms with van der Waals surface area (Å²) in [6.07, 6.45) is 9.07. The molecule has 1 unspecified atom stereocenters. The van der Waals surface area contributed by atoms with Crippen molar-refractivity contribution in [3.8, 4) is 34.1 Å². The van der Waals surface area contributed by atoms with E-state index < -0.39 is 11.9 Å². The van der Waals surface area contributed by atoms with Crippen molar-refractivity contribution >= 4 is 11.9 Å². The summed E-state index contributed by atoms with van der Waals surface area (Å²) in [5.74, 6) is 1.57. The van der Waals surface area contributed by atoms with Crippen LogP contribution in [-0.4, -0.2) is 51.6 Å². The average molecular weight is 721 g/mol. The molecule has 1 aliphatic carbocycles. The highest BCUT2D eigenvalue weighted by atomic mass is 16.5. The summed E-state index contributed by atoms with van der Waals surface area (Å²) in [4.78, 5) is 26.0. The molecule has 0 bridgehead atoms. The molecule has 0 amide bonds. The van der Waals surface area contributed by atoms with E-state index in [2.05, 4.69) is 20.8 Å². The quantitative estimate of drug-likeness (QED) is 0.0506. The molecule has 1 aliphatic heterocycles. The summed E-state index contributed by atoms with van der Waals surface area (Å²) in [5.41, 5.74) is 5.31. The second-order valence-corrected chi connectivity index (χ2v) is 14.6. The SMILES string of the molecule is CCCCCCCCOc1ccc(C(=O)Oc2ccc3c(c2)C(C)c2cc(OC(=O)c4ccc(OCCCCOCC5(C)COC5)cc4)ccc2-3)cc1. The molecule has 0 aromatic heterocycles. The molecule has 1 heterocycles. The van der Waals surface area contributed by atoms with E-state index in [4.69, 9.17) is 28.4 Å². The fraction of sp³-hybridized carbons (Fsp3) is 0.422. The van der Waals surface area contributed by atoms with Crippen LogP contribution in [0.1, 0.15) is 110 Å². The van der Waals surface area contributed by atoms with Gasteiger partial charge >= 0.3 is 11.9 Å². The number of carbonyl (C=O) groups excluding carboxylic acids is 2. The highest BCUT2D eigenvalue weighted by molar-refractivity contribution is 5.92. The lowest BCUT2D eigenvalue weighted by molar-refractivity contribution is -0.138. The van der Waals surface area contributed by atoms with Crippen LogP contribution >= 0.6 is 0 Å². The first-order valence-electron chi connectivity index (χ1n) is 19.2. The molecular formula is C45H52O8. The van der Waals surface area contributed by atoms with Crippen LogP contribution in [0.2, 0.25) is 0 Å². The predicted molar refractivity (Wildman–Crippen MR) is 206 cm³/mol. The number of hydrogen-bond acceptors (Lipinski definition) is 8. The normalized spacial score (nSPS) is 15.2. The zero-order chi connectivity index (χ0) is 37.0. The molecule has 6 rings (SSSR count). The van der Waals surface area contributed by atoms with Crippen LogP contribution in [0, 0.1) is 5.41 Å². The Morgan fingerprint density at radius 1 is 0.623 bits per heavy atom. The van der Waals surface area contributed by atoms with Crippen molar-refractivity contribution in [1.82, 2.24) is 0 Å². The molecule has 4 aromatic carbocycles. The smallest absolute Gasteiger partial charge is 0.343 e. The summed E-state index contributed by atoms with van der Waals surface area (Å²) in [6.45, 7) is 10.7. The number of carbonyl (C=O) groups is 2. The number of ether oxygens (including phenoxy) is 6. The van der Waals surface area contributed by atoms with Gasteiger partial charge in [-0.3, -0.25) is 0 Å². The van der Waals surface area contributed by atoms with E-state index in [0.717, 1.165) is 67.1 Å². The third-order valence-electron chi connectivity index (χ3n) is 9.94. The number of hydrogen-bond donors (Lipinski definition) is 0. The predicted octanol–water partition coefficient (Wildman–Crippen LogP) is 10.2. The van der Waals surface area contributed by atoms with Gasteiger partial charge in [-0.15, -0.1) is 0 Å². The lowest BCUT2D eigenvalue weighted by atomic mass is 9.90. The highest BCUT2D eigenvalue weighted by Crippen LogP contribution is 2.47. The molecule has 53 heavy (non-hydrogen) atoms. The molecule has 0 spiro atoms. The van der Waals surface area contributed by atoms with Gasteiger partial charge in [-0.1, -0.05) is 65.0 Å². The summed E-state index contributed by atoms with van der Waals surface area (Å²) in [7, 11) is 0. The molecule has 0 saturated carbocycles. The van der Waals surface area contributed by atoms with Crippen molar-refractivity contribution < 1.29 is 38.0 Å². The van der Waals surface area contributed by atoms with Gasteiger partial charge in [0.2, 0.25) is 0 Å². The maximum Gasteiger partial charge on any atom is 0.343 e. The lowest BCUT2D eigenvalue weighted by Gasteiger charge is -2.37. The van der Waals surface area contributed by atoms with Gasteiger partial charge < -0.3 is 28.4 Å².